The summed E-state index contributed by atoms with van der Waals surface area (Å²) in [7, 11) is 3.41. The molecule has 0 aliphatic heterocycles. The number of ether oxygens (including phenoxy) is 2. The second kappa shape index (κ2) is 7.48. The number of thiophene rings is 1. The predicted molar refractivity (Wildman–Crippen MR) is 88.7 cm³/mol. The smallest absolute Gasteiger partial charge is 0.127 e. The molecule has 1 N–H and O–H groups in total. The number of aryl methyl sites for hydroxylation is 1. The fourth-order valence-corrected chi connectivity index (χ4v) is 3.36. The molecule has 2 aromatic rings. The molecule has 4 heteroatoms. The van der Waals surface area contributed by atoms with Gasteiger partial charge in [0.1, 0.15) is 11.5 Å². The Morgan fingerprint density at radius 1 is 1.14 bits per heavy atom. The third kappa shape index (κ3) is 3.39. The Balaban J connectivity index is 2.53. The van der Waals surface area contributed by atoms with Crippen molar-refractivity contribution in [2.75, 3.05) is 20.8 Å². The highest BCUT2D eigenvalue weighted by atomic mass is 32.1. The number of hydrogen-bond acceptors (Lipinski definition) is 4. The van der Waals surface area contributed by atoms with E-state index in [4.69, 9.17) is 9.47 Å². The van der Waals surface area contributed by atoms with E-state index >= 15 is 0 Å². The van der Waals surface area contributed by atoms with E-state index in [1.54, 1.807) is 25.6 Å². The maximum absolute atomic E-state index is 5.57. The third-order valence-electron chi connectivity index (χ3n) is 3.56. The molecule has 114 valence electrons. The molecule has 0 aliphatic rings. The van der Waals surface area contributed by atoms with E-state index in [1.165, 1.54) is 11.1 Å². The van der Waals surface area contributed by atoms with E-state index in [-0.39, 0.29) is 6.04 Å². The lowest BCUT2D eigenvalue weighted by Gasteiger charge is -2.23. The average molecular weight is 305 g/mol. The van der Waals surface area contributed by atoms with E-state index in [0.717, 1.165) is 30.0 Å². The van der Waals surface area contributed by atoms with Crippen molar-refractivity contribution in [1.82, 2.24) is 5.32 Å². The molecule has 0 amide bonds. The summed E-state index contributed by atoms with van der Waals surface area (Å²) in [5, 5.41) is 8.01. The lowest BCUT2D eigenvalue weighted by molar-refractivity contribution is 0.376. The molecule has 0 spiro atoms. The van der Waals surface area contributed by atoms with Crippen molar-refractivity contribution in [2.45, 2.75) is 26.3 Å². The molecule has 1 aromatic carbocycles. The van der Waals surface area contributed by atoms with Crippen molar-refractivity contribution in [2.24, 2.45) is 0 Å². The van der Waals surface area contributed by atoms with Gasteiger partial charge in [0.05, 0.1) is 25.8 Å². The monoisotopic (exact) mass is 305 g/mol. The van der Waals surface area contributed by atoms with Crippen LogP contribution in [0.5, 0.6) is 11.5 Å². The highest BCUT2D eigenvalue weighted by Crippen LogP contribution is 2.39. The zero-order valence-electron chi connectivity index (χ0n) is 13.1. The Bertz CT molecular complexity index is 558. The number of methoxy groups -OCH3 is 2. The van der Waals surface area contributed by atoms with Crippen LogP contribution < -0.4 is 14.8 Å². The molecule has 0 aliphatic carbocycles. The van der Waals surface area contributed by atoms with E-state index in [2.05, 4.69) is 29.9 Å². The first-order valence-corrected chi connectivity index (χ1v) is 8.14. The first-order valence-electron chi connectivity index (χ1n) is 7.19. The molecular weight excluding hydrogens is 282 g/mol. The molecule has 0 saturated heterocycles. The Morgan fingerprint density at radius 2 is 1.81 bits per heavy atom. The van der Waals surface area contributed by atoms with Crippen LogP contribution in [0.1, 0.15) is 36.1 Å². The highest BCUT2D eigenvalue weighted by Gasteiger charge is 2.23. The summed E-state index contributed by atoms with van der Waals surface area (Å²) in [5.41, 5.74) is 3.65. The fraction of sp³-hybridized carbons (Fsp3) is 0.412. The van der Waals surface area contributed by atoms with Crippen LogP contribution in [0.4, 0.5) is 0 Å². The van der Waals surface area contributed by atoms with Gasteiger partial charge in [-0.1, -0.05) is 13.0 Å². The van der Waals surface area contributed by atoms with E-state index in [0.29, 0.717) is 0 Å². The summed E-state index contributed by atoms with van der Waals surface area (Å²) in [4.78, 5) is 0. The van der Waals surface area contributed by atoms with Crippen LogP contribution >= 0.6 is 11.3 Å². The van der Waals surface area contributed by atoms with E-state index < -0.39 is 0 Å². The molecule has 1 aromatic heterocycles. The quantitative estimate of drug-likeness (QED) is 0.833. The maximum Gasteiger partial charge on any atom is 0.127 e. The summed E-state index contributed by atoms with van der Waals surface area (Å²) in [5.74, 6) is 1.71. The van der Waals surface area contributed by atoms with Gasteiger partial charge in [0.25, 0.3) is 0 Å². The maximum atomic E-state index is 5.57. The lowest BCUT2D eigenvalue weighted by Crippen LogP contribution is -2.24. The van der Waals surface area contributed by atoms with Crippen molar-refractivity contribution in [1.29, 1.82) is 0 Å². The van der Waals surface area contributed by atoms with Gasteiger partial charge in [-0.05, 0) is 53.9 Å². The third-order valence-corrected chi connectivity index (χ3v) is 4.44. The van der Waals surface area contributed by atoms with Crippen LogP contribution in [0.2, 0.25) is 0 Å². The molecule has 0 radical (unpaired) electrons. The predicted octanol–water partition coefficient (Wildman–Crippen LogP) is 4.16. The van der Waals surface area contributed by atoms with E-state index in [1.807, 2.05) is 18.2 Å². The Hall–Kier alpha value is -1.52. The van der Waals surface area contributed by atoms with Gasteiger partial charge in [0.15, 0.2) is 0 Å². The van der Waals surface area contributed by atoms with Gasteiger partial charge in [-0.15, -0.1) is 0 Å². The first-order chi connectivity index (χ1) is 10.2. The molecule has 1 atom stereocenters. The molecular formula is C17H23NO2S. The van der Waals surface area contributed by atoms with Crippen molar-refractivity contribution >= 4 is 11.3 Å². The van der Waals surface area contributed by atoms with Crippen molar-refractivity contribution in [3.8, 4) is 11.5 Å². The fourth-order valence-electron chi connectivity index (χ4n) is 2.49. The number of hydrogen-bond donors (Lipinski definition) is 1. The van der Waals surface area contributed by atoms with Crippen LogP contribution in [-0.2, 0) is 0 Å². The molecule has 1 unspecified atom stereocenters. The molecule has 2 rings (SSSR count). The Labute approximate surface area is 130 Å². The lowest BCUT2D eigenvalue weighted by atomic mass is 9.96. The summed E-state index contributed by atoms with van der Waals surface area (Å²) < 4.78 is 11.1. The van der Waals surface area contributed by atoms with Crippen molar-refractivity contribution in [3.63, 3.8) is 0 Å². The zero-order valence-corrected chi connectivity index (χ0v) is 13.9. The molecule has 0 bridgehead atoms. The normalized spacial score (nSPS) is 12.2. The Morgan fingerprint density at radius 3 is 2.29 bits per heavy atom. The summed E-state index contributed by atoms with van der Waals surface area (Å²) in [6.45, 7) is 5.26. The van der Waals surface area contributed by atoms with Gasteiger partial charge in [-0.2, -0.15) is 11.3 Å². The molecule has 1 heterocycles. The van der Waals surface area contributed by atoms with Gasteiger partial charge >= 0.3 is 0 Å². The first kappa shape index (κ1) is 15.9. The minimum Gasteiger partial charge on any atom is -0.496 e. The number of nitrogens with one attached hydrogen (secondary N) is 1. The number of benzene rings is 1. The van der Waals surface area contributed by atoms with Crippen molar-refractivity contribution in [3.05, 3.63) is 45.6 Å². The van der Waals surface area contributed by atoms with Crippen LogP contribution in [0.15, 0.2) is 29.0 Å². The number of rotatable bonds is 7. The molecule has 3 nitrogen and oxygen atoms in total. The molecule has 21 heavy (non-hydrogen) atoms. The van der Waals surface area contributed by atoms with Crippen LogP contribution in [0.3, 0.4) is 0 Å². The minimum absolute atomic E-state index is 0.0855. The van der Waals surface area contributed by atoms with E-state index in [9.17, 15) is 0 Å². The van der Waals surface area contributed by atoms with Gasteiger partial charge in [-0.25, -0.2) is 0 Å². The minimum atomic E-state index is 0.0855. The van der Waals surface area contributed by atoms with Gasteiger partial charge in [0, 0.05) is 0 Å². The standard InChI is InChI=1S/C17H23NO2S/c1-5-9-18-17(13-11-21-10-12(13)2)16-14(19-3)7-6-8-15(16)20-4/h6-8,10-11,17-18H,5,9H2,1-4H3. The summed E-state index contributed by atoms with van der Waals surface area (Å²) in [6, 6.07) is 6.01. The molecule has 0 fully saturated rings. The second-order valence-electron chi connectivity index (χ2n) is 4.97. The van der Waals surface area contributed by atoms with Gasteiger partial charge in [0.2, 0.25) is 0 Å². The summed E-state index contributed by atoms with van der Waals surface area (Å²) in [6.07, 6.45) is 1.08. The topological polar surface area (TPSA) is 30.5 Å². The van der Waals surface area contributed by atoms with Crippen LogP contribution in [0, 0.1) is 6.92 Å². The van der Waals surface area contributed by atoms with Gasteiger partial charge in [-0.3, -0.25) is 0 Å². The Kier molecular flexibility index (Phi) is 5.65. The van der Waals surface area contributed by atoms with Crippen LogP contribution in [-0.4, -0.2) is 20.8 Å². The SMILES string of the molecule is CCCNC(c1cscc1C)c1c(OC)cccc1OC. The highest BCUT2D eigenvalue weighted by molar-refractivity contribution is 7.08. The van der Waals surface area contributed by atoms with Crippen molar-refractivity contribution < 1.29 is 9.47 Å². The average Bonchev–Trinajstić information content (AvgIpc) is 2.93. The second-order valence-corrected chi connectivity index (χ2v) is 5.72. The molecule has 0 saturated carbocycles. The van der Waals surface area contributed by atoms with Crippen LogP contribution in [0.25, 0.3) is 0 Å². The zero-order chi connectivity index (χ0) is 15.2. The van der Waals surface area contributed by atoms with Gasteiger partial charge < -0.3 is 14.8 Å². The largest absolute Gasteiger partial charge is 0.496 e. The summed E-state index contributed by atoms with van der Waals surface area (Å²) >= 11 is 1.73.